The Balaban J connectivity index is 2.43. The predicted molar refractivity (Wildman–Crippen MR) is 73.7 cm³/mol. The minimum absolute atomic E-state index is 0.161. The van der Waals surface area contributed by atoms with Gasteiger partial charge in [0, 0.05) is 11.1 Å². The molecule has 3 N–H and O–H groups in total. The van der Waals surface area contributed by atoms with Crippen LogP contribution in [0.4, 0.5) is 4.39 Å². The Bertz CT molecular complexity index is 643. The zero-order chi connectivity index (χ0) is 14.0. The molecule has 0 spiro atoms. The minimum atomic E-state index is -0.390. The van der Waals surface area contributed by atoms with Crippen molar-refractivity contribution < 1.29 is 9.13 Å². The maximum Gasteiger partial charge on any atom is 0.138 e. The Morgan fingerprint density at radius 3 is 2.63 bits per heavy atom. The molecule has 0 aliphatic rings. The first kappa shape index (κ1) is 13.4. The summed E-state index contributed by atoms with van der Waals surface area (Å²) in [6, 6.07) is 9.02. The molecule has 0 atom stereocenters. The van der Waals surface area contributed by atoms with Gasteiger partial charge in [-0.2, -0.15) is 0 Å². The number of rotatable bonds is 3. The van der Waals surface area contributed by atoms with Crippen LogP contribution in [0.1, 0.15) is 11.1 Å². The van der Waals surface area contributed by atoms with E-state index in [4.69, 9.17) is 27.5 Å². The van der Waals surface area contributed by atoms with Gasteiger partial charge in [0.15, 0.2) is 0 Å². The monoisotopic (exact) mass is 278 g/mol. The van der Waals surface area contributed by atoms with E-state index >= 15 is 0 Å². The molecule has 0 fully saturated rings. The summed E-state index contributed by atoms with van der Waals surface area (Å²) in [5.41, 5.74) is 6.63. The van der Waals surface area contributed by atoms with E-state index in [-0.39, 0.29) is 11.7 Å². The van der Waals surface area contributed by atoms with Gasteiger partial charge >= 0.3 is 0 Å². The molecule has 0 amide bonds. The predicted octanol–water partition coefficient (Wildman–Crippen LogP) is 3.86. The molecule has 0 bridgehead atoms. The van der Waals surface area contributed by atoms with Gasteiger partial charge in [0.25, 0.3) is 0 Å². The Morgan fingerprint density at radius 2 is 1.95 bits per heavy atom. The number of nitrogens with one attached hydrogen (secondary N) is 1. The van der Waals surface area contributed by atoms with Crippen LogP contribution in [-0.2, 0) is 0 Å². The average molecular weight is 279 g/mol. The molecule has 0 saturated carbocycles. The Hall–Kier alpha value is -2.07. The summed E-state index contributed by atoms with van der Waals surface area (Å²) in [6.07, 6.45) is 0. The number of benzene rings is 2. The summed E-state index contributed by atoms with van der Waals surface area (Å²) >= 11 is 5.85. The lowest BCUT2D eigenvalue weighted by atomic mass is 10.1. The fraction of sp³-hybridized carbons (Fsp3) is 0.0714. The highest BCUT2D eigenvalue weighted by molar-refractivity contribution is 6.31. The van der Waals surface area contributed by atoms with E-state index in [1.165, 1.54) is 18.2 Å². The third kappa shape index (κ3) is 3.03. The van der Waals surface area contributed by atoms with Gasteiger partial charge in [-0.25, -0.2) is 4.39 Å². The quantitative estimate of drug-likeness (QED) is 0.661. The molecule has 0 aliphatic carbocycles. The molecule has 3 nitrogen and oxygen atoms in total. The molecule has 2 aromatic carbocycles. The van der Waals surface area contributed by atoms with Crippen molar-refractivity contribution in [2.24, 2.45) is 5.73 Å². The molecule has 0 heterocycles. The molecule has 0 unspecified atom stereocenters. The zero-order valence-electron chi connectivity index (χ0n) is 10.2. The normalized spacial score (nSPS) is 10.3. The van der Waals surface area contributed by atoms with E-state index in [0.717, 1.165) is 5.56 Å². The topological polar surface area (TPSA) is 59.1 Å². The molecule has 2 rings (SSSR count). The maximum atomic E-state index is 13.2. The van der Waals surface area contributed by atoms with Crippen molar-refractivity contribution in [1.29, 1.82) is 5.41 Å². The van der Waals surface area contributed by atoms with E-state index in [2.05, 4.69) is 0 Å². The van der Waals surface area contributed by atoms with E-state index in [1.807, 2.05) is 0 Å². The van der Waals surface area contributed by atoms with Crippen LogP contribution in [-0.4, -0.2) is 5.84 Å². The SMILES string of the molecule is Cc1ccc(F)cc1Oc1ccc(Cl)cc1C(=N)N. The maximum absolute atomic E-state index is 13.2. The summed E-state index contributed by atoms with van der Waals surface area (Å²) in [6.45, 7) is 1.80. The minimum Gasteiger partial charge on any atom is -0.456 e. The molecule has 5 heteroatoms. The number of hydrogen-bond donors (Lipinski definition) is 2. The fourth-order valence-electron chi connectivity index (χ4n) is 1.60. The lowest BCUT2D eigenvalue weighted by Gasteiger charge is -2.12. The Morgan fingerprint density at radius 1 is 1.21 bits per heavy atom. The van der Waals surface area contributed by atoms with Gasteiger partial charge in [-0.3, -0.25) is 5.41 Å². The first-order chi connectivity index (χ1) is 8.97. The molecule has 98 valence electrons. The average Bonchev–Trinajstić information content (AvgIpc) is 2.35. The molecule has 19 heavy (non-hydrogen) atoms. The number of nitrogen functional groups attached to an aromatic ring is 1. The highest BCUT2D eigenvalue weighted by Crippen LogP contribution is 2.30. The summed E-state index contributed by atoms with van der Waals surface area (Å²) in [4.78, 5) is 0. The van der Waals surface area contributed by atoms with Crippen LogP contribution >= 0.6 is 11.6 Å². The molecular weight excluding hydrogens is 267 g/mol. The van der Waals surface area contributed by atoms with E-state index in [0.29, 0.717) is 22.1 Å². The summed E-state index contributed by atoms with van der Waals surface area (Å²) < 4.78 is 18.8. The smallest absolute Gasteiger partial charge is 0.138 e. The van der Waals surface area contributed by atoms with Crippen LogP contribution in [0.3, 0.4) is 0 Å². The number of nitrogens with two attached hydrogens (primary N) is 1. The van der Waals surface area contributed by atoms with Gasteiger partial charge in [0.2, 0.25) is 0 Å². The number of aryl methyl sites for hydroxylation is 1. The van der Waals surface area contributed by atoms with Crippen LogP contribution < -0.4 is 10.5 Å². The third-order valence-electron chi connectivity index (χ3n) is 2.60. The van der Waals surface area contributed by atoms with Crippen molar-refractivity contribution in [3.63, 3.8) is 0 Å². The van der Waals surface area contributed by atoms with Crippen molar-refractivity contribution in [2.75, 3.05) is 0 Å². The first-order valence-corrected chi connectivity index (χ1v) is 5.93. The molecule has 0 aliphatic heterocycles. The molecule has 2 aromatic rings. The lowest BCUT2D eigenvalue weighted by molar-refractivity contribution is 0.472. The van der Waals surface area contributed by atoms with Gasteiger partial charge in [-0.05, 0) is 36.8 Å². The van der Waals surface area contributed by atoms with Gasteiger partial charge in [-0.1, -0.05) is 17.7 Å². The van der Waals surface area contributed by atoms with Crippen molar-refractivity contribution in [3.05, 3.63) is 58.4 Å². The highest BCUT2D eigenvalue weighted by Gasteiger charge is 2.10. The van der Waals surface area contributed by atoms with Crippen LogP contribution in [0.5, 0.6) is 11.5 Å². The Labute approximate surface area is 115 Å². The number of halogens is 2. The summed E-state index contributed by atoms with van der Waals surface area (Å²) in [7, 11) is 0. The van der Waals surface area contributed by atoms with Crippen molar-refractivity contribution in [3.8, 4) is 11.5 Å². The van der Waals surface area contributed by atoms with Crippen LogP contribution in [0, 0.1) is 18.2 Å². The van der Waals surface area contributed by atoms with Crippen LogP contribution in [0.2, 0.25) is 5.02 Å². The summed E-state index contributed by atoms with van der Waals surface area (Å²) in [5.74, 6) is 0.195. The fourth-order valence-corrected chi connectivity index (χ4v) is 1.78. The van der Waals surface area contributed by atoms with E-state index < -0.39 is 0 Å². The molecular formula is C14H12ClFN2O. The van der Waals surface area contributed by atoms with Gasteiger partial charge < -0.3 is 10.5 Å². The second-order valence-corrected chi connectivity index (χ2v) is 4.50. The van der Waals surface area contributed by atoms with Crippen molar-refractivity contribution >= 4 is 17.4 Å². The lowest BCUT2D eigenvalue weighted by Crippen LogP contribution is -2.12. The second kappa shape index (κ2) is 5.28. The van der Waals surface area contributed by atoms with Crippen molar-refractivity contribution in [1.82, 2.24) is 0 Å². The number of ether oxygens (including phenoxy) is 1. The second-order valence-electron chi connectivity index (χ2n) is 4.07. The molecule has 0 radical (unpaired) electrons. The van der Waals surface area contributed by atoms with E-state index in [9.17, 15) is 4.39 Å². The number of amidine groups is 1. The highest BCUT2D eigenvalue weighted by atomic mass is 35.5. The van der Waals surface area contributed by atoms with E-state index in [1.54, 1.807) is 25.1 Å². The van der Waals surface area contributed by atoms with Gasteiger partial charge in [-0.15, -0.1) is 0 Å². The largest absolute Gasteiger partial charge is 0.456 e. The van der Waals surface area contributed by atoms with Crippen molar-refractivity contribution in [2.45, 2.75) is 6.92 Å². The molecule has 0 saturated heterocycles. The zero-order valence-corrected chi connectivity index (χ0v) is 11.0. The third-order valence-corrected chi connectivity index (χ3v) is 2.84. The standard InChI is InChI=1S/C14H12ClFN2O/c1-8-2-4-10(16)7-13(8)19-12-5-3-9(15)6-11(12)14(17)18/h2-7H,1H3,(H3,17,18). The molecule has 0 aromatic heterocycles. The van der Waals surface area contributed by atoms with Crippen LogP contribution in [0.25, 0.3) is 0 Å². The Kier molecular flexibility index (Phi) is 3.71. The first-order valence-electron chi connectivity index (χ1n) is 5.55. The van der Waals surface area contributed by atoms with Gasteiger partial charge in [0.05, 0.1) is 5.56 Å². The van der Waals surface area contributed by atoms with Crippen LogP contribution in [0.15, 0.2) is 36.4 Å². The number of hydrogen-bond acceptors (Lipinski definition) is 2. The summed E-state index contributed by atoms with van der Waals surface area (Å²) in [5, 5.41) is 7.95. The van der Waals surface area contributed by atoms with Gasteiger partial charge in [0.1, 0.15) is 23.2 Å².